The molecule has 2 heterocycles. The minimum Gasteiger partial charge on any atom is -0.456 e. The standard InChI is InChI=1S/C48H35NO/c1-3-33(27-32(2)36-17-12-18-37(28-36)34-13-6-4-7-14-34)38-22-25-47-43(30-38)44-31-40(23-26-48(44)50-47)49-45-20-11-10-19-41(45)42-29-39(21-24-46(42)49)35-15-8-5-9-16-35/h3-31H,1-2H3/b32-27+,33-3+. The van der Waals surface area contributed by atoms with E-state index in [1.807, 2.05) is 0 Å². The van der Waals surface area contributed by atoms with Crippen LogP contribution >= 0.6 is 0 Å². The second kappa shape index (κ2) is 12.3. The molecule has 0 fully saturated rings. The summed E-state index contributed by atoms with van der Waals surface area (Å²) in [5, 5.41) is 4.71. The van der Waals surface area contributed by atoms with Gasteiger partial charge in [0.2, 0.25) is 0 Å². The van der Waals surface area contributed by atoms with Gasteiger partial charge in [0.15, 0.2) is 0 Å². The summed E-state index contributed by atoms with van der Waals surface area (Å²) >= 11 is 0. The Morgan fingerprint density at radius 1 is 0.480 bits per heavy atom. The van der Waals surface area contributed by atoms with E-state index in [0.29, 0.717) is 0 Å². The molecule has 0 atom stereocenters. The third-order valence-corrected chi connectivity index (χ3v) is 9.93. The van der Waals surface area contributed by atoms with Crippen molar-refractivity contribution in [3.05, 3.63) is 187 Å². The van der Waals surface area contributed by atoms with Crippen molar-refractivity contribution in [2.45, 2.75) is 13.8 Å². The molecule has 0 N–H and O–H groups in total. The van der Waals surface area contributed by atoms with Crippen LogP contribution in [0, 0.1) is 0 Å². The molecule has 0 aliphatic rings. The van der Waals surface area contributed by atoms with Crippen LogP contribution in [0.5, 0.6) is 0 Å². The molecule has 9 aromatic rings. The quantitative estimate of drug-likeness (QED) is 0.165. The van der Waals surface area contributed by atoms with E-state index in [1.54, 1.807) is 0 Å². The average Bonchev–Trinajstić information content (AvgIpc) is 3.72. The highest BCUT2D eigenvalue weighted by atomic mass is 16.3. The minimum atomic E-state index is 0.888. The molecule has 2 nitrogen and oxygen atoms in total. The third-order valence-electron chi connectivity index (χ3n) is 9.93. The normalized spacial score (nSPS) is 12.4. The van der Waals surface area contributed by atoms with Gasteiger partial charge in [-0.15, -0.1) is 0 Å². The van der Waals surface area contributed by atoms with E-state index in [0.717, 1.165) is 33.2 Å². The lowest BCUT2D eigenvalue weighted by Crippen LogP contribution is -1.93. The van der Waals surface area contributed by atoms with Gasteiger partial charge in [-0.25, -0.2) is 0 Å². The predicted octanol–water partition coefficient (Wildman–Crippen LogP) is 13.5. The van der Waals surface area contributed by atoms with Crippen molar-refractivity contribution in [2.75, 3.05) is 0 Å². The summed E-state index contributed by atoms with van der Waals surface area (Å²) in [6, 6.07) is 58.6. The fraction of sp³-hybridized carbons (Fsp3) is 0.0417. The summed E-state index contributed by atoms with van der Waals surface area (Å²) in [6.45, 7) is 4.31. The number of hydrogen-bond acceptors (Lipinski definition) is 1. The summed E-state index contributed by atoms with van der Waals surface area (Å²) < 4.78 is 8.78. The maximum absolute atomic E-state index is 6.39. The van der Waals surface area contributed by atoms with Gasteiger partial charge in [-0.2, -0.15) is 0 Å². The van der Waals surface area contributed by atoms with Gasteiger partial charge in [0.05, 0.1) is 11.0 Å². The van der Waals surface area contributed by atoms with Crippen molar-refractivity contribution in [1.82, 2.24) is 4.57 Å². The number of para-hydroxylation sites is 1. The van der Waals surface area contributed by atoms with Crippen LogP contribution in [0.2, 0.25) is 0 Å². The van der Waals surface area contributed by atoms with E-state index >= 15 is 0 Å². The molecule has 0 radical (unpaired) electrons. The molecule has 0 aliphatic carbocycles. The summed E-state index contributed by atoms with van der Waals surface area (Å²) in [5.74, 6) is 0. The first kappa shape index (κ1) is 29.7. The van der Waals surface area contributed by atoms with Crippen LogP contribution in [0.4, 0.5) is 0 Å². The van der Waals surface area contributed by atoms with Crippen LogP contribution < -0.4 is 0 Å². The van der Waals surface area contributed by atoms with Crippen LogP contribution in [0.25, 0.3) is 82.8 Å². The zero-order valence-electron chi connectivity index (χ0n) is 28.1. The Kier molecular flexibility index (Phi) is 7.29. The fourth-order valence-electron chi connectivity index (χ4n) is 7.37. The topological polar surface area (TPSA) is 18.1 Å². The van der Waals surface area contributed by atoms with E-state index in [2.05, 4.69) is 194 Å². The SMILES string of the molecule is C/C=C(\C=C(/C)c1cccc(-c2ccccc2)c1)c1ccc2oc3ccc(-n4c5ccccc5c5cc(-c6ccccc6)ccc54)cc3c2c1. The van der Waals surface area contributed by atoms with Crippen LogP contribution in [-0.2, 0) is 0 Å². The number of allylic oxidation sites excluding steroid dienone is 4. The Morgan fingerprint density at radius 2 is 1.12 bits per heavy atom. The molecule has 238 valence electrons. The van der Waals surface area contributed by atoms with E-state index in [4.69, 9.17) is 4.42 Å². The monoisotopic (exact) mass is 641 g/mol. The number of nitrogens with zero attached hydrogens (tertiary/aromatic N) is 1. The maximum atomic E-state index is 6.39. The molecule has 0 unspecified atom stereocenters. The number of fused-ring (bicyclic) bond motifs is 6. The van der Waals surface area contributed by atoms with Gasteiger partial charge in [0, 0.05) is 27.2 Å². The van der Waals surface area contributed by atoms with Crippen molar-refractivity contribution in [1.29, 1.82) is 0 Å². The first-order valence-corrected chi connectivity index (χ1v) is 17.2. The lowest BCUT2D eigenvalue weighted by molar-refractivity contribution is 0.669. The summed E-state index contributed by atoms with van der Waals surface area (Å²) in [6.07, 6.45) is 4.49. The van der Waals surface area contributed by atoms with Crippen LogP contribution in [0.15, 0.2) is 180 Å². The average molecular weight is 642 g/mol. The minimum absolute atomic E-state index is 0.888. The largest absolute Gasteiger partial charge is 0.456 e. The zero-order valence-corrected chi connectivity index (χ0v) is 28.1. The number of rotatable bonds is 6. The summed E-state index contributed by atoms with van der Waals surface area (Å²) in [5.41, 5.74) is 14.9. The molecule has 0 saturated heterocycles. The first-order chi connectivity index (χ1) is 24.6. The Bertz CT molecular complexity index is 2760. The van der Waals surface area contributed by atoms with E-state index in [9.17, 15) is 0 Å². The Morgan fingerprint density at radius 3 is 1.88 bits per heavy atom. The molecule has 7 aromatic carbocycles. The Hall–Kier alpha value is -6.38. The molecule has 2 heteroatoms. The van der Waals surface area contributed by atoms with Gasteiger partial charge < -0.3 is 8.98 Å². The summed E-state index contributed by atoms with van der Waals surface area (Å²) in [7, 11) is 0. The molecular weight excluding hydrogens is 607 g/mol. The Labute approximate surface area is 291 Å². The number of furan rings is 1. The highest BCUT2D eigenvalue weighted by Gasteiger charge is 2.16. The molecule has 2 aromatic heterocycles. The van der Waals surface area contributed by atoms with Crippen molar-refractivity contribution in [3.63, 3.8) is 0 Å². The third kappa shape index (κ3) is 5.14. The number of benzene rings is 7. The second-order valence-electron chi connectivity index (χ2n) is 13.0. The number of aromatic nitrogens is 1. The number of hydrogen-bond donors (Lipinski definition) is 0. The molecule has 50 heavy (non-hydrogen) atoms. The van der Waals surface area contributed by atoms with Gasteiger partial charge >= 0.3 is 0 Å². The smallest absolute Gasteiger partial charge is 0.135 e. The highest BCUT2D eigenvalue weighted by molar-refractivity contribution is 6.12. The van der Waals surface area contributed by atoms with Crippen molar-refractivity contribution in [2.24, 2.45) is 0 Å². The molecule has 0 spiro atoms. The van der Waals surface area contributed by atoms with Crippen molar-refractivity contribution in [3.8, 4) is 27.9 Å². The lowest BCUT2D eigenvalue weighted by Gasteiger charge is -2.09. The maximum Gasteiger partial charge on any atom is 0.135 e. The van der Waals surface area contributed by atoms with Gasteiger partial charge in [-0.1, -0.05) is 121 Å². The van der Waals surface area contributed by atoms with Crippen molar-refractivity contribution < 1.29 is 4.42 Å². The zero-order chi connectivity index (χ0) is 33.6. The molecular formula is C48H35NO. The predicted molar refractivity (Wildman–Crippen MR) is 213 cm³/mol. The van der Waals surface area contributed by atoms with Crippen molar-refractivity contribution >= 4 is 54.9 Å². The molecule has 9 rings (SSSR count). The van der Waals surface area contributed by atoms with E-state index in [-0.39, 0.29) is 0 Å². The molecule has 0 saturated carbocycles. The summed E-state index contributed by atoms with van der Waals surface area (Å²) in [4.78, 5) is 0. The van der Waals surface area contributed by atoms with Gasteiger partial charge in [-0.05, 0) is 113 Å². The van der Waals surface area contributed by atoms with E-state index < -0.39 is 0 Å². The second-order valence-corrected chi connectivity index (χ2v) is 13.0. The lowest BCUT2D eigenvalue weighted by atomic mass is 9.96. The van der Waals surface area contributed by atoms with Gasteiger partial charge in [-0.3, -0.25) is 0 Å². The Balaban J connectivity index is 1.13. The molecule has 0 amide bonds. The fourth-order valence-corrected chi connectivity index (χ4v) is 7.37. The first-order valence-electron chi connectivity index (χ1n) is 17.2. The molecule has 0 aliphatic heterocycles. The van der Waals surface area contributed by atoms with Crippen LogP contribution in [0.3, 0.4) is 0 Å². The van der Waals surface area contributed by atoms with Crippen LogP contribution in [0.1, 0.15) is 25.0 Å². The van der Waals surface area contributed by atoms with Gasteiger partial charge in [0.25, 0.3) is 0 Å². The highest BCUT2D eigenvalue weighted by Crippen LogP contribution is 2.38. The van der Waals surface area contributed by atoms with Gasteiger partial charge in [0.1, 0.15) is 11.2 Å². The molecule has 0 bridgehead atoms. The van der Waals surface area contributed by atoms with E-state index in [1.165, 1.54) is 60.8 Å². The van der Waals surface area contributed by atoms with Crippen LogP contribution in [-0.4, -0.2) is 4.57 Å².